The van der Waals surface area contributed by atoms with Crippen LogP contribution in [-0.2, 0) is 6.54 Å². The van der Waals surface area contributed by atoms with Gasteiger partial charge >= 0.3 is 6.03 Å². The van der Waals surface area contributed by atoms with Crippen molar-refractivity contribution in [1.29, 1.82) is 0 Å². The highest BCUT2D eigenvalue weighted by molar-refractivity contribution is 5.74. The lowest BCUT2D eigenvalue weighted by molar-refractivity contribution is 0.112. The van der Waals surface area contributed by atoms with E-state index in [0.717, 1.165) is 31.4 Å². The largest absolute Gasteiger partial charge is 0.488 e. The first-order valence-corrected chi connectivity index (χ1v) is 8.78. The van der Waals surface area contributed by atoms with Gasteiger partial charge in [0.1, 0.15) is 24.5 Å². The number of hydrogen-bond acceptors (Lipinski definition) is 4. The normalized spacial score (nSPS) is 20.0. The first-order chi connectivity index (χ1) is 12.2. The van der Waals surface area contributed by atoms with E-state index in [-0.39, 0.29) is 18.2 Å². The Morgan fingerprint density at radius 3 is 2.72 bits per heavy atom. The van der Waals surface area contributed by atoms with Gasteiger partial charge in [0, 0.05) is 20.1 Å². The Hall–Kier alpha value is -2.57. The number of likely N-dealkylation sites (N-methyl/N-ethyl adjacent to an activating group) is 1. The first kappa shape index (κ1) is 17.3. The third kappa shape index (κ3) is 4.95. The molecule has 0 aliphatic heterocycles. The Labute approximate surface area is 148 Å². The predicted molar refractivity (Wildman–Crippen MR) is 94.3 cm³/mol. The van der Waals surface area contributed by atoms with E-state index in [0.29, 0.717) is 13.1 Å². The Kier molecular flexibility index (Phi) is 5.87. The second-order valence-corrected chi connectivity index (χ2v) is 6.43. The molecule has 2 amide bonds. The average molecular weight is 343 g/mol. The van der Waals surface area contributed by atoms with Crippen LogP contribution < -0.4 is 10.1 Å². The van der Waals surface area contributed by atoms with Crippen LogP contribution in [0.5, 0.6) is 5.75 Å². The van der Waals surface area contributed by atoms with E-state index in [1.54, 1.807) is 24.6 Å². The second-order valence-electron chi connectivity index (χ2n) is 6.43. The topological polar surface area (TPSA) is 72.3 Å². The number of aromatic nitrogens is 3. The second kappa shape index (κ2) is 8.50. The van der Waals surface area contributed by atoms with Gasteiger partial charge in [0.25, 0.3) is 0 Å². The fourth-order valence-corrected chi connectivity index (χ4v) is 3.05. The van der Waals surface area contributed by atoms with Crippen molar-refractivity contribution in [3.05, 3.63) is 43.0 Å². The van der Waals surface area contributed by atoms with Crippen molar-refractivity contribution in [2.24, 2.45) is 0 Å². The van der Waals surface area contributed by atoms with E-state index in [4.69, 9.17) is 4.74 Å². The summed E-state index contributed by atoms with van der Waals surface area (Å²) in [7, 11) is 1.80. The molecule has 2 aromatic rings. The molecule has 1 aromatic carbocycles. The number of amides is 2. The van der Waals surface area contributed by atoms with Gasteiger partial charge in [0.15, 0.2) is 0 Å². The van der Waals surface area contributed by atoms with Crippen LogP contribution in [0.2, 0.25) is 0 Å². The molecule has 0 bridgehead atoms. The SMILES string of the molecule is CN(CCn1cnnc1)C(=O)NC1CCCCC1Oc1ccccc1. The van der Waals surface area contributed by atoms with Gasteiger partial charge in [-0.2, -0.15) is 0 Å². The maximum atomic E-state index is 12.5. The van der Waals surface area contributed by atoms with Crippen LogP contribution in [0.3, 0.4) is 0 Å². The summed E-state index contributed by atoms with van der Waals surface area (Å²) in [6.07, 6.45) is 7.48. The molecule has 1 N–H and O–H groups in total. The van der Waals surface area contributed by atoms with Gasteiger partial charge in [-0.15, -0.1) is 10.2 Å². The van der Waals surface area contributed by atoms with Gasteiger partial charge in [0.2, 0.25) is 0 Å². The molecule has 0 spiro atoms. The minimum Gasteiger partial charge on any atom is -0.488 e. The molecule has 7 heteroatoms. The van der Waals surface area contributed by atoms with Crippen molar-refractivity contribution in [2.75, 3.05) is 13.6 Å². The van der Waals surface area contributed by atoms with Crippen LogP contribution in [0.15, 0.2) is 43.0 Å². The highest BCUT2D eigenvalue weighted by Crippen LogP contribution is 2.24. The van der Waals surface area contributed by atoms with Gasteiger partial charge in [-0.25, -0.2) is 4.79 Å². The summed E-state index contributed by atoms with van der Waals surface area (Å²) in [4.78, 5) is 14.2. The molecule has 25 heavy (non-hydrogen) atoms. The van der Waals surface area contributed by atoms with Gasteiger partial charge in [-0.1, -0.05) is 24.6 Å². The van der Waals surface area contributed by atoms with Crippen LogP contribution in [-0.4, -0.2) is 51.4 Å². The monoisotopic (exact) mass is 343 g/mol. The van der Waals surface area contributed by atoms with Crippen molar-refractivity contribution in [3.8, 4) is 5.75 Å². The summed E-state index contributed by atoms with van der Waals surface area (Å²) >= 11 is 0. The van der Waals surface area contributed by atoms with Gasteiger partial charge < -0.3 is 19.5 Å². The number of nitrogens with zero attached hydrogens (tertiary/aromatic N) is 4. The molecule has 1 heterocycles. The predicted octanol–water partition coefficient (Wildman–Crippen LogP) is 2.31. The maximum absolute atomic E-state index is 12.5. The van der Waals surface area contributed by atoms with Crippen molar-refractivity contribution >= 4 is 6.03 Å². The molecule has 7 nitrogen and oxygen atoms in total. The molecular formula is C18H25N5O2. The Balaban J connectivity index is 1.52. The van der Waals surface area contributed by atoms with Crippen molar-refractivity contribution in [3.63, 3.8) is 0 Å². The number of carbonyl (C=O) groups excluding carboxylic acids is 1. The van der Waals surface area contributed by atoms with Crippen molar-refractivity contribution in [1.82, 2.24) is 25.0 Å². The number of ether oxygens (including phenoxy) is 1. The van der Waals surface area contributed by atoms with Crippen molar-refractivity contribution < 1.29 is 9.53 Å². The van der Waals surface area contributed by atoms with Crippen LogP contribution in [0.25, 0.3) is 0 Å². The summed E-state index contributed by atoms with van der Waals surface area (Å²) in [6.45, 7) is 1.27. The minimum atomic E-state index is -0.0679. The quantitative estimate of drug-likeness (QED) is 0.874. The van der Waals surface area contributed by atoms with Crippen LogP contribution in [0.1, 0.15) is 25.7 Å². The van der Waals surface area contributed by atoms with Gasteiger partial charge in [-0.05, 0) is 31.4 Å². The molecule has 3 rings (SSSR count). The van der Waals surface area contributed by atoms with Crippen molar-refractivity contribution in [2.45, 2.75) is 44.4 Å². The number of rotatable bonds is 6. The Morgan fingerprint density at radius 1 is 1.24 bits per heavy atom. The van der Waals surface area contributed by atoms with E-state index in [1.165, 1.54) is 0 Å². The molecule has 1 fully saturated rings. The minimum absolute atomic E-state index is 0.0198. The zero-order chi connectivity index (χ0) is 17.5. The summed E-state index contributed by atoms with van der Waals surface area (Å²) in [6, 6.07) is 9.78. The summed E-state index contributed by atoms with van der Waals surface area (Å²) in [5, 5.41) is 10.7. The summed E-state index contributed by atoms with van der Waals surface area (Å²) in [5.41, 5.74) is 0. The molecule has 2 atom stereocenters. The number of nitrogens with one attached hydrogen (secondary N) is 1. The number of para-hydroxylation sites is 1. The molecule has 1 aliphatic rings. The molecule has 0 saturated heterocycles. The molecule has 1 saturated carbocycles. The molecule has 134 valence electrons. The van der Waals surface area contributed by atoms with E-state index in [1.807, 2.05) is 34.9 Å². The molecule has 2 unspecified atom stereocenters. The average Bonchev–Trinajstić information content (AvgIpc) is 3.16. The fraction of sp³-hybridized carbons (Fsp3) is 0.500. The van der Waals surface area contributed by atoms with Gasteiger partial charge in [-0.3, -0.25) is 0 Å². The molecule has 1 aliphatic carbocycles. The third-order valence-electron chi connectivity index (χ3n) is 4.55. The van der Waals surface area contributed by atoms with Crippen LogP contribution in [0, 0.1) is 0 Å². The number of urea groups is 1. The molecule has 1 aromatic heterocycles. The van der Waals surface area contributed by atoms with E-state index in [9.17, 15) is 4.79 Å². The zero-order valence-electron chi connectivity index (χ0n) is 14.5. The zero-order valence-corrected chi connectivity index (χ0v) is 14.5. The number of benzene rings is 1. The Bertz CT molecular complexity index is 647. The van der Waals surface area contributed by atoms with Crippen LogP contribution in [0.4, 0.5) is 4.79 Å². The summed E-state index contributed by atoms with van der Waals surface area (Å²) < 4.78 is 7.97. The lowest BCUT2D eigenvalue weighted by atomic mass is 9.92. The van der Waals surface area contributed by atoms with E-state index in [2.05, 4.69) is 15.5 Å². The standard InChI is InChI=1S/C18H25N5O2/c1-22(11-12-23-13-19-20-14-23)18(24)21-16-9-5-6-10-17(16)25-15-7-3-2-4-8-15/h2-4,7-8,13-14,16-17H,5-6,9-12H2,1H3,(H,21,24). The Morgan fingerprint density at radius 2 is 1.96 bits per heavy atom. The lowest BCUT2D eigenvalue weighted by Crippen LogP contribution is -2.51. The third-order valence-corrected chi connectivity index (χ3v) is 4.55. The highest BCUT2D eigenvalue weighted by atomic mass is 16.5. The fourth-order valence-electron chi connectivity index (χ4n) is 3.05. The number of hydrogen-bond donors (Lipinski definition) is 1. The molecule has 0 radical (unpaired) electrons. The maximum Gasteiger partial charge on any atom is 0.317 e. The van der Waals surface area contributed by atoms with E-state index < -0.39 is 0 Å². The van der Waals surface area contributed by atoms with E-state index >= 15 is 0 Å². The lowest BCUT2D eigenvalue weighted by Gasteiger charge is -2.33. The van der Waals surface area contributed by atoms with Gasteiger partial charge in [0.05, 0.1) is 6.04 Å². The highest BCUT2D eigenvalue weighted by Gasteiger charge is 2.29. The summed E-state index contributed by atoms with van der Waals surface area (Å²) in [5.74, 6) is 0.856. The first-order valence-electron chi connectivity index (χ1n) is 8.78. The smallest absolute Gasteiger partial charge is 0.317 e. The molecular weight excluding hydrogens is 318 g/mol. The van der Waals surface area contributed by atoms with Crippen LogP contribution >= 0.6 is 0 Å². The number of carbonyl (C=O) groups is 1.